The first-order valence-electron chi connectivity index (χ1n) is 10.2. The van der Waals surface area contributed by atoms with Gasteiger partial charge in [-0.1, -0.05) is 46.1 Å². The van der Waals surface area contributed by atoms with E-state index in [-0.39, 0.29) is 5.91 Å². The maximum absolute atomic E-state index is 12.5. The lowest BCUT2D eigenvalue weighted by Gasteiger charge is -2.22. The van der Waals surface area contributed by atoms with Crippen molar-refractivity contribution in [2.45, 2.75) is 84.7 Å². The molecular formula is C22H35NO2. The van der Waals surface area contributed by atoms with Crippen molar-refractivity contribution < 1.29 is 9.53 Å². The van der Waals surface area contributed by atoms with Crippen LogP contribution in [0.2, 0.25) is 0 Å². The van der Waals surface area contributed by atoms with Gasteiger partial charge < -0.3 is 10.1 Å². The Morgan fingerprint density at radius 1 is 1.12 bits per heavy atom. The molecular weight excluding hydrogens is 310 g/mol. The van der Waals surface area contributed by atoms with Crippen molar-refractivity contribution in [1.29, 1.82) is 0 Å². The first-order valence-corrected chi connectivity index (χ1v) is 10.2. The summed E-state index contributed by atoms with van der Waals surface area (Å²) >= 11 is 0. The molecule has 1 amide bonds. The minimum absolute atomic E-state index is 0.0233. The fourth-order valence-electron chi connectivity index (χ4n) is 3.57. The molecule has 2 rings (SSSR count). The molecule has 2 atom stereocenters. The molecule has 0 saturated heterocycles. The highest BCUT2D eigenvalue weighted by atomic mass is 16.5. The predicted octanol–water partition coefficient (Wildman–Crippen LogP) is 5.06. The number of carbonyl (C=O) groups is 1. The summed E-state index contributed by atoms with van der Waals surface area (Å²) in [6, 6.07) is 6.34. The highest BCUT2D eigenvalue weighted by molar-refractivity contribution is 5.81. The van der Waals surface area contributed by atoms with E-state index in [1.165, 1.54) is 49.7 Å². The number of unbranched alkanes of at least 4 members (excludes halogenated alkanes) is 1. The van der Waals surface area contributed by atoms with Crippen LogP contribution in [-0.2, 0) is 17.6 Å². The molecule has 3 nitrogen and oxygen atoms in total. The molecule has 1 aliphatic rings. The summed E-state index contributed by atoms with van der Waals surface area (Å²) in [5.41, 5.74) is 2.84. The Balaban J connectivity index is 1.89. The van der Waals surface area contributed by atoms with Gasteiger partial charge in [0.2, 0.25) is 0 Å². The van der Waals surface area contributed by atoms with E-state index in [0.717, 1.165) is 25.1 Å². The second-order valence-electron chi connectivity index (χ2n) is 7.31. The van der Waals surface area contributed by atoms with E-state index < -0.39 is 6.10 Å². The summed E-state index contributed by atoms with van der Waals surface area (Å²) in [5, 5.41) is 3.11. The smallest absolute Gasteiger partial charge is 0.261 e. The maximum Gasteiger partial charge on any atom is 0.261 e. The number of amides is 1. The van der Waals surface area contributed by atoms with Crippen molar-refractivity contribution in [3.63, 3.8) is 0 Å². The Bertz CT molecular complexity index is 541. The van der Waals surface area contributed by atoms with E-state index in [1.807, 2.05) is 13.0 Å². The highest BCUT2D eigenvalue weighted by Crippen LogP contribution is 2.26. The third-order valence-electron chi connectivity index (χ3n) is 5.37. The van der Waals surface area contributed by atoms with Crippen LogP contribution in [0.1, 0.15) is 76.8 Å². The Labute approximate surface area is 153 Å². The second kappa shape index (κ2) is 10.5. The van der Waals surface area contributed by atoms with Gasteiger partial charge in [0.25, 0.3) is 5.91 Å². The highest BCUT2D eigenvalue weighted by Gasteiger charge is 2.20. The Hall–Kier alpha value is -1.51. The zero-order chi connectivity index (χ0) is 18.1. The first kappa shape index (κ1) is 19.8. The van der Waals surface area contributed by atoms with E-state index in [9.17, 15) is 4.79 Å². The fourth-order valence-corrected chi connectivity index (χ4v) is 3.57. The summed E-state index contributed by atoms with van der Waals surface area (Å²) in [6.07, 6.45) is 9.88. The molecule has 25 heavy (non-hydrogen) atoms. The van der Waals surface area contributed by atoms with Crippen molar-refractivity contribution in [3.05, 3.63) is 29.3 Å². The largest absolute Gasteiger partial charge is 0.481 e. The maximum atomic E-state index is 12.5. The summed E-state index contributed by atoms with van der Waals surface area (Å²) in [5.74, 6) is 1.43. The van der Waals surface area contributed by atoms with Gasteiger partial charge in [-0.15, -0.1) is 0 Å². The number of aryl methyl sites for hydroxylation is 2. The lowest BCUT2D eigenvalue weighted by molar-refractivity contribution is -0.128. The SMILES string of the molecule is CCCC[C@H](CC)CNC(=O)[C@@H](CC)Oc1ccc2c(c1)CCCC2. The van der Waals surface area contributed by atoms with Crippen molar-refractivity contribution in [2.24, 2.45) is 5.92 Å². The van der Waals surface area contributed by atoms with Crippen molar-refractivity contribution in [1.82, 2.24) is 5.32 Å². The third kappa shape index (κ3) is 6.05. The van der Waals surface area contributed by atoms with Crippen LogP contribution >= 0.6 is 0 Å². The zero-order valence-corrected chi connectivity index (χ0v) is 16.3. The van der Waals surface area contributed by atoms with Crippen LogP contribution in [0, 0.1) is 5.92 Å². The van der Waals surface area contributed by atoms with Crippen LogP contribution < -0.4 is 10.1 Å². The number of carbonyl (C=O) groups excluding carboxylic acids is 1. The summed E-state index contributed by atoms with van der Waals surface area (Å²) in [4.78, 5) is 12.5. The molecule has 1 N–H and O–H groups in total. The lowest BCUT2D eigenvalue weighted by atomic mass is 9.92. The number of fused-ring (bicyclic) bond motifs is 1. The number of rotatable bonds is 10. The minimum atomic E-state index is -0.398. The molecule has 0 saturated carbocycles. The van der Waals surface area contributed by atoms with Gasteiger partial charge in [0.1, 0.15) is 5.75 Å². The molecule has 3 heteroatoms. The topological polar surface area (TPSA) is 38.3 Å². The molecule has 1 aliphatic carbocycles. The molecule has 0 bridgehead atoms. The first-order chi connectivity index (χ1) is 12.2. The summed E-state index contributed by atoms with van der Waals surface area (Å²) in [7, 11) is 0. The number of benzene rings is 1. The second-order valence-corrected chi connectivity index (χ2v) is 7.31. The molecule has 0 unspecified atom stereocenters. The van der Waals surface area contributed by atoms with Gasteiger partial charge in [-0.3, -0.25) is 4.79 Å². The average molecular weight is 346 g/mol. The van der Waals surface area contributed by atoms with Gasteiger partial charge >= 0.3 is 0 Å². The van der Waals surface area contributed by atoms with E-state index in [2.05, 4.69) is 31.3 Å². The van der Waals surface area contributed by atoms with Crippen LogP contribution in [0.25, 0.3) is 0 Å². The third-order valence-corrected chi connectivity index (χ3v) is 5.37. The minimum Gasteiger partial charge on any atom is -0.481 e. The lowest BCUT2D eigenvalue weighted by Crippen LogP contribution is -2.40. The number of hydrogen-bond acceptors (Lipinski definition) is 2. The van der Waals surface area contributed by atoms with Gasteiger partial charge in [-0.05, 0) is 67.7 Å². The van der Waals surface area contributed by atoms with Crippen molar-refractivity contribution >= 4 is 5.91 Å². The zero-order valence-electron chi connectivity index (χ0n) is 16.3. The van der Waals surface area contributed by atoms with Crippen LogP contribution in [0.15, 0.2) is 18.2 Å². The molecule has 0 fully saturated rings. The van der Waals surface area contributed by atoms with Gasteiger partial charge in [-0.25, -0.2) is 0 Å². The molecule has 0 radical (unpaired) electrons. The Morgan fingerprint density at radius 2 is 1.88 bits per heavy atom. The Morgan fingerprint density at radius 3 is 2.56 bits per heavy atom. The quantitative estimate of drug-likeness (QED) is 0.644. The van der Waals surface area contributed by atoms with Gasteiger partial charge in [0, 0.05) is 6.54 Å². The molecule has 1 aromatic rings. The molecule has 0 spiro atoms. The monoisotopic (exact) mass is 345 g/mol. The molecule has 1 aromatic carbocycles. The van der Waals surface area contributed by atoms with E-state index in [1.54, 1.807) is 0 Å². The fraction of sp³-hybridized carbons (Fsp3) is 0.682. The summed E-state index contributed by atoms with van der Waals surface area (Å²) < 4.78 is 6.03. The predicted molar refractivity (Wildman–Crippen MR) is 104 cm³/mol. The standard InChI is InChI=1S/C22H35NO2/c1-4-7-10-17(5-2)16-23-22(24)21(6-3)25-20-14-13-18-11-8-9-12-19(18)15-20/h13-15,17,21H,4-12,16H2,1-3H3,(H,23,24)/t17-,21+/m0/s1. The van der Waals surface area contributed by atoms with Crippen molar-refractivity contribution in [2.75, 3.05) is 6.54 Å². The van der Waals surface area contributed by atoms with Crippen molar-refractivity contribution in [3.8, 4) is 5.75 Å². The van der Waals surface area contributed by atoms with Crippen LogP contribution in [-0.4, -0.2) is 18.6 Å². The molecule has 0 heterocycles. The van der Waals surface area contributed by atoms with E-state index in [0.29, 0.717) is 12.3 Å². The van der Waals surface area contributed by atoms with E-state index >= 15 is 0 Å². The molecule has 0 aromatic heterocycles. The number of ether oxygens (including phenoxy) is 1. The Kier molecular flexibility index (Phi) is 8.30. The number of nitrogens with one attached hydrogen (secondary N) is 1. The average Bonchev–Trinajstić information content (AvgIpc) is 2.65. The van der Waals surface area contributed by atoms with Gasteiger partial charge in [-0.2, -0.15) is 0 Å². The van der Waals surface area contributed by atoms with Crippen LogP contribution in [0.5, 0.6) is 5.75 Å². The number of hydrogen-bond donors (Lipinski definition) is 1. The van der Waals surface area contributed by atoms with Gasteiger partial charge in [0.05, 0.1) is 0 Å². The summed E-state index contributed by atoms with van der Waals surface area (Å²) in [6.45, 7) is 7.19. The normalized spacial score (nSPS) is 16.0. The van der Waals surface area contributed by atoms with Crippen LogP contribution in [0.4, 0.5) is 0 Å². The van der Waals surface area contributed by atoms with Gasteiger partial charge in [0.15, 0.2) is 6.10 Å². The molecule has 0 aliphatic heterocycles. The molecule has 140 valence electrons. The van der Waals surface area contributed by atoms with Crippen LogP contribution in [0.3, 0.4) is 0 Å². The van der Waals surface area contributed by atoms with E-state index in [4.69, 9.17) is 4.74 Å².